The molecular formula is C26H24N4O5S. The van der Waals surface area contributed by atoms with Crippen molar-refractivity contribution in [3.05, 3.63) is 91.1 Å². The fraction of sp³-hybridized carbons (Fsp3) is 0.115. The van der Waals surface area contributed by atoms with E-state index in [1.807, 2.05) is 65.4 Å². The zero-order valence-electron chi connectivity index (χ0n) is 19.1. The van der Waals surface area contributed by atoms with Gasteiger partial charge in [0.25, 0.3) is 5.91 Å². The van der Waals surface area contributed by atoms with E-state index in [0.29, 0.717) is 5.52 Å². The van der Waals surface area contributed by atoms with Gasteiger partial charge in [0.05, 0.1) is 5.52 Å². The summed E-state index contributed by atoms with van der Waals surface area (Å²) in [5.41, 5.74) is 7.90. The summed E-state index contributed by atoms with van der Waals surface area (Å²) in [6.45, 7) is 2.78. The van der Waals surface area contributed by atoms with Crippen molar-refractivity contribution < 1.29 is 23.1 Å². The molecule has 0 bridgehead atoms. The van der Waals surface area contributed by atoms with Gasteiger partial charge >= 0.3 is 5.97 Å². The summed E-state index contributed by atoms with van der Waals surface area (Å²) in [7, 11) is -4.19. The number of sulfonamides is 1. The summed E-state index contributed by atoms with van der Waals surface area (Å²) in [4.78, 5) is 29.0. The van der Waals surface area contributed by atoms with Gasteiger partial charge in [-0.1, -0.05) is 72.8 Å². The van der Waals surface area contributed by atoms with Crippen molar-refractivity contribution in [3.8, 4) is 11.1 Å². The van der Waals surface area contributed by atoms with Crippen LogP contribution in [-0.2, 0) is 14.8 Å². The highest BCUT2D eigenvalue weighted by Gasteiger charge is 2.28. The Balaban J connectivity index is 1.63. The molecule has 2 atom stereocenters. The number of carboxylic acids is 1. The Morgan fingerprint density at radius 3 is 2.36 bits per heavy atom. The lowest BCUT2D eigenvalue weighted by molar-refractivity contribution is -0.138. The second-order valence-electron chi connectivity index (χ2n) is 8.06. The number of carbonyl (C=O) groups excluding carboxylic acids is 1. The van der Waals surface area contributed by atoms with Gasteiger partial charge in [0, 0.05) is 17.5 Å². The number of aromatic nitrogens is 1. The molecule has 1 aromatic heterocycles. The van der Waals surface area contributed by atoms with Crippen molar-refractivity contribution in [2.24, 2.45) is 5.73 Å². The summed E-state index contributed by atoms with van der Waals surface area (Å²) in [5, 5.41) is 13.3. The molecule has 4 aromatic rings. The average Bonchev–Trinajstić information content (AvgIpc) is 2.89. The molecule has 9 nitrogen and oxygen atoms in total. The van der Waals surface area contributed by atoms with E-state index in [1.165, 1.54) is 6.07 Å². The molecule has 5 N–H and O–H groups in total. The first-order valence-corrected chi connectivity index (χ1v) is 12.5. The van der Waals surface area contributed by atoms with E-state index in [4.69, 9.17) is 5.73 Å². The number of nitrogens with one attached hydrogen (secondary N) is 2. The third-order valence-corrected chi connectivity index (χ3v) is 7.22. The number of hydrogen-bond acceptors (Lipinski definition) is 6. The predicted molar refractivity (Wildman–Crippen MR) is 139 cm³/mol. The number of nitrogens with zero attached hydrogens (tertiary/aromatic N) is 1. The summed E-state index contributed by atoms with van der Waals surface area (Å²) >= 11 is 0. The molecule has 0 radical (unpaired) electrons. The van der Waals surface area contributed by atoms with Crippen LogP contribution in [0.25, 0.3) is 32.8 Å². The van der Waals surface area contributed by atoms with Crippen LogP contribution in [0.4, 0.5) is 0 Å². The summed E-state index contributed by atoms with van der Waals surface area (Å²) in [5.74, 6) is -2.12. The Morgan fingerprint density at radius 1 is 0.972 bits per heavy atom. The van der Waals surface area contributed by atoms with Crippen molar-refractivity contribution in [3.63, 3.8) is 0 Å². The van der Waals surface area contributed by atoms with E-state index in [9.17, 15) is 23.1 Å². The largest absolute Gasteiger partial charge is 0.480 e. The maximum atomic E-state index is 12.8. The SMILES string of the molecule is C=CC(N)S(=O)(=O)NC(CNC(=O)c1ccc2cccc(-c3cccc4ccccc34)c2n1)C(=O)O. The topological polar surface area (TPSA) is 151 Å². The van der Waals surface area contributed by atoms with Crippen LogP contribution in [0.1, 0.15) is 10.5 Å². The van der Waals surface area contributed by atoms with Crippen LogP contribution in [0.5, 0.6) is 0 Å². The van der Waals surface area contributed by atoms with Crippen molar-refractivity contribution >= 4 is 43.6 Å². The van der Waals surface area contributed by atoms with Gasteiger partial charge in [0.1, 0.15) is 17.1 Å². The van der Waals surface area contributed by atoms with Crippen molar-refractivity contribution in [1.29, 1.82) is 0 Å². The first-order chi connectivity index (χ1) is 17.2. The second-order valence-corrected chi connectivity index (χ2v) is 9.93. The predicted octanol–water partition coefficient (Wildman–Crippen LogP) is 2.63. The number of rotatable bonds is 9. The Morgan fingerprint density at radius 2 is 1.64 bits per heavy atom. The number of para-hydroxylation sites is 1. The normalized spacial score (nSPS) is 13.2. The summed E-state index contributed by atoms with van der Waals surface area (Å²) < 4.78 is 26.2. The van der Waals surface area contributed by atoms with E-state index in [0.717, 1.165) is 33.4 Å². The zero-order valence-corrected chi connectivity index (χ0v) is 19.9. The maximum Gasteiger partial charge on any atom is 0.323 e. The fourth-order valence-corrected chi connectivity index (χ4v) is 4.81. The minimum Gasteiger partial charge on any atom is -0.480 e. The summed E-state index contributed by atoms with van der Waals surface area (Å²) in [6.07, 6.45) is 0.965. The number of benzene rings is 3. The highest BCUT2D eigenvalue weighted by atomic mass is 32.2. The lowest BCUT2D eigenvalue weighted by Gasteiger charge is -2.17. The molecule has 4 rings (SSSR count). The smallest absolute Gasteiger partial charge is 0.323 e. The number of carboxylic acid groups (broad SMARTS) is 1. The highest BCUT2D eigenvalue weighted by molar-refractivity contribution is 7.90. The molecule has 0 aliphatic rings. The third-order valence-electron chi connectivity index (χ3n) is 5.69. The van der Waals surface area contributed by atoms with Crippen LogP contribution in [0.2, 0.25) is 0 Å². The van der Waals surface area contributed by atoms with E-state index in [-0.39, 0.29) is 5.69 Å². The average molecular weight is 505 g/mol. The Labute approximate surface area is 207 Å². The molecule has 0 aliphatic carbocycles. The summed E-state index contributed by atoms with van der Waals surface area (Å²) in [6, 6.07) is 21.3. The number of aliphatic carboxylic acids is 1. The molecule has 10 heteroatoms. The molecule has 2 unspecified atom stereocenters. The van der Waals surface area contributed by atoms with E-state index >= 15 is 0 Å². The van der Waals surface area contributed by atoms with Gasteiger partial charge in [-0.25, -0.2) is 13.4 Å². The molecule has 36 heavy (non-hydrogen) atoms. The van der Waals surface area contributed by atoms with Gasteiger partial charge in [-0.2, -0.15) is 4.72 Å². The number of pyridine rings is 1. The lowest BCUT2D eigenvalue weighted by atomic mass is 9.96. The zero-order chi connectivity index (χ0) is 25.9. The van der Waals surface area contributed by atoms with Crippen molar-refractivity contribution in [1.82, 2.24) is 15.0 Å². The quantitative estimate of drug-likeness (QED) is 0.256. The van der Waals surface area contributed by atoms with E-state index in [1.54, 1.807) is 6.07 Å². The Hall–Kier alpha value is -4.12. The number of carbonyl (C=O) groups is 2. The molecule has 0 aliphatic heterocycles. The third kappa shape index (κ3) is 5.10. The highest BCUT2D eigenvalue weighted by Crippen LogP contribution is 2.33. The molecular weight excluding hydrogens is 480 g/mol. The fourth-order valence-electron chi connectivity index (χ4n) is 3.82. The molecule has 0 spiro atoms. The number of hydrogen-bond donors (Lipinski definition) is 4. The van der Waals surface area contributed by atoms with Crippen molar-refractivity contribution in [2.45, 2.75) is 11.4 Å². The Kier molecular flexibility index (Phi) is 7.11. The number of amides is 1. The van der Waals surface area contributed by atoms with Crippen LogP contribution in [-0.4, -0.2) is 48.3 Å². The number of fused-ring (bicyclic) bond motifs is 2. The standard InChI is InChI=1S/C26H24N4O5S/c1-2-23(27)36(34,35)30-22(26(32)33)15-28-25(31)21-14-13-17-9-6-12-20(24(17)29-21)19-11-5-8-16-7-3-4-10-18(16)19/h2-14,22-23,30H,1,15,27H2,(H,28,31)(H,32,33). The van der Waals surface area contributed by atoms with Crippen LogP contribution in [0, 0.1) is 0 Å². The monoisotopic (exact) mass is 504 g/mol. The van der Waals surface area contributed by atoms with Crippen LogP contribution < -0.4 is 15.8 Å². The molecule has 0 fully saturated rings. The molecule has 1 amide bonds. The first kappa shape index (κ1) is 25.0. The lowest BCUT2D eigenvalue weighted by Crippen LogP contribution is -2.52. The molecule has 1 heterocycles. The van der Waals surface area contributed by atoms with Gasteiger partial charge in [-0.3, -0.25) is 9.59 Å². The van der Waals surface area contributed by atoms with E-state index < -0.39 is 39.9 Å². The van der Waals surface area contributed by atoms with Gasteiger partial charge in [0.15, 0.2) is 0 Å². The van der Waals surface area contributed by atoms with Gasteiger partial charge in [0.2, 0.25) is 10.0 Å². The van der Waals surface area contributed by atoms with Crippen LogP contribution in [0.15, 0.2) is 85.5 Å². The van der Waals surface area contributed by atoms with Crippen LogP contribution >= 0.6 is 0 Å². The minimum atomic E-state index is -4.19. The molecule has 3 aromatic carbocycles. The minimum absolute atomic E-state index is 0.0602. The van der Waals surface area contributed by atoms with Crippen LogP contribution in [0.3, 0.4) is 0 Å². The number of nitrogens with two attached hydrogens (primary N) is 1. The second kappa shape index (κ2) is 10.2. The van der Waals surface area contributed by atoms with Gasteiger partial charge in [-0.15, -0.1) is 6.58 Å². The van der Waals surface area contributed by atoms with Gasteiger partial charge < -0.3 is 16.2 Å². The molecule has 0 saturated heterocycles. The van der Waals surface area contributed by atoms with E-state index in [2.05, 4.69) is 16.9 Å². The molecule has 184 valence electrons. The maximum absolute atomic E-state index is 12.8. The van der Waals surface area contributed by atoms with Crippen molar-refractivity contribution in [2.75, 3.05) is 6.54 Å². The molecule has 0 saturated carbocycles. The Bertz CT molecular complexity index is 1580. The first-order valence-electron chi connectivity index (χ1n) is 11.0. The van der Waals surface area contributed by atoms with Gasteiger partial charge in [-0.05, 0) is 22.4 Å².